The molecule has 0 N–H and O–H groups in total. The number of aromatic nitrogens is 2. The first-order valence-electron chi connectivity index (χ1n) is 7.76. The van der Waals surface area contributed by atoms with E-state index >= 15 is 0 Å². The molecule has 0 bridgehead atoms. The molecule has 1 aliphatic heterocycles. The fraction of sp³-hybridized carbons (Fsp3) is 0.167. The lowest BCUT2D eigenvalue weighted by atomic mass is 10.1. The molecule has 1 aromatic heterocycles. The molecule has 2 aromatic carbocycles. The number of carbonyl (C=O) groups is 1. The van der Waals surface area contributed by atoms with Gasteiger partial charge in [0.15, 0.2) is 0 Å². The molecule has 25 heavy (non-hydrogen) atoms. The van der Waals surface area contributed by atoms with Crippen LogP contribution in [-0.2, 0) is 4.79 Å². The molecule has 1 amide bonds. The quantitative estimate of drug-likeness (QED) is 0.731. The van der Waals surface area contributed by atoms with E-state index in [4.69, 9.17) is 4.52 Å². The topological polar surface area (TPSA) is 59.2 Å². The summed E-state index contributed by atoms with van der Waals surface area (Å²) in [4.78, 5) is 17.9. The predicted molar refractivity (Wildman–Crippen MR) is 85.8 cm³/mol. The first-order valence-corrected chi connectivity index (χ1v) is 7.76. The van der Waals surface area contributed by atoms with Crippen LogP contribution in [0.1, 0.15) is 18.2 Å². The van der Waals surface area contributed by atoms with Crippen LogP contribution < -0.4 is 4.90 Å². The molecular weight excluding hydrogens is 328 g/mol. The molecule has 2 heterocycles. The minimum Gasteiger partial charge on any atom is -0.339 e. The van der Waals surface area contributed by atoms with Gasteiger partial charge in [-0.15, -0.1) is 0 Å². The van der Waals surface area contributed by atoms with E-state index in [0.29, 0.717) is 17.3 Å². The fourth-order valence-corrected chi connectivity index (χ4v) is 2.89. The van der Waals surface area contributed by atoms with Gasteiger partial charge >= 0.3 is 0 Å². The minimum atomic E-state index is -0.450. The Labute approximate surface area is 141 Å². The molecule has 5 nitrogen and oxygen atoms in total. The summed E-state index contributed by atoms with van der Waals surface area (Å²) in [5.41, 5.74) is 0.861. The van der Waals surface area contributed by atoms with E-state index in [0.717, 1.165) is 0 Å². The van der Waals surface area contributed by atoms with E-state index < -0.39 is 5.82 Å². The highest BCUT2D eigenvalue weighted by atomic mass is 19.1. The highest BCUT2D eigenvalue weighted by molar-refractivity contribution is 5.96. The Bertz CT molecular complexity index is 924. The first-order chi connectivity index (χ1) is 12.1. The van der Waals surface area contributed by atoms with E-state index in [-0.39, 0.29) is 36.3 Å². The van der Waals surface area contributed by atoms with Gasteiger partial charge in [0.05, 0.1) is 11.6 Å². The Morgan fingerprint density at radius 2 is 1.84 bits per heavy atom. The van der Waals surface area contributed by atoms with Gasteiger partial charge in [0.1, 0.15) is 11.6 Å². The molecule has 4 rings (SSSR count). The largest absolute Gasteiger partial charge is 0.339 e. The van der Waals surface area contributed by atoms with Crippen LogP contribution in [0.5, 0.6) is 0 Å². The van der Waals surface area contributed by atoms with Crippen molar-refractivity contribution in [1.82, 2.24) is 10.1 Å². The lowest BCUT2D eigenvalue weighted by Crippen LogP contribution is -2.25. The third-order valence-corrected chi connectivity index (χ3v) is 4.16. The highest BCUT2D eigenvalue weighted by Crippen LogP contribution is 2.33. The van der Waals surface area contributed by atoms with Crippen LogP contribution in [-0.4, -0.2) is 22.6 Å². The summed E-state index contributed by atoms with van der Waals surface area (Å²) < 4.78 is 32.2. The number of halogens is 2. The zero-order valence-electron chi connectivity index (χ0n) is 13.0. The Balaban J connectivity index is 1.57. The number of amides is 1. The number of nitrogens with zero attached hydrogens (tertiary/aromatic N) is 3. The van der Waals surface area contributed by atoms with Crippen molar-refractivity contribution in [1.29, 1.82) is 0 Å². The number of hydrogen-bond donors (Lipinski definition) is 0. The molecule has 1 atom stereocenters. The zero-order chi connectivity index (χ0) is 17.4. The summed E-state index contributed by atoms with van der Waals surface area (Å²) in [6, 6.07) is 11.9. The predicted octanol–water partition coefficient (Wildman–Crippen LogP) is 3.54. The number of carbonyl (C=O) groups excluding carboxylic acids is 1. The SMILES string of the molecule is O=C1CC(c2nc(-c3ccc(F)cc3)no2)CN1c1ccccc1F. The van der Waals surface area contributed by atoms with Crippen LogP contribution in [0, 0.1) is 11.6 Å². The van der Waals surface area contributed by atoms with Gasteiger partial charge < -0.3 is 9.42 Å². The average molecular weight is 341 g/mol. The van der Waals surface area contributed by atoms with Crippen LogP contribution in [0.15, 0.2) is 53.1 Å². The number of para-hydroxylation sites is 1. The molecule has 0 radical (unpaired) electrons. The number of anilines is 1. The van der Waals surface area contributed by atoms with Gasteiger partial charge in [-0.3, -0.25) is 4.79 Å². The monoisotopic (exact) mass is 341 g/mol. The summed E-state index contributed by atoms with van der Waals surface area (Å²) in [5.74, 6) is -0.674. The molecular formula is C18H13F2N3O2. The van der Waals surface area contributed by atoms with E-state index in [2.05, 4.69) is 10.1 Å². The normalized spacial score (nSPS) is 17.3. The highest BCUT2D eigenvalue weighted by Gasteiger charge is 2.36. The standard InChI is InChI=1S/C18H13F2N3O2/c19-13-7-5-11(6-8-13)17-21-18(25-22-17)12-9-16(24)23(10-12)15-4-2-1-3-14(15)20/h1-8,12H,9-10H2. The smallest absolute Gasteiger partial charge is 0.232 e. The maximum absolute atomic E-state index is 13.9. The molecule has 3 aromatic rings. The minimum absolute atomic E-state index is 0.166. The van der Waals surface area contributed by atoms with Crippen molar-refractivity contribution in [2.24, 2.45) is 0 Å². The molecule has 1 saturated heterocycles. The van der Waals surface area contributed by atoms with Gasteiger partial charge in [0.25, 0.3) is 0 Å². The van der Waals surface area contributed by atoms with E-state index in [1.807, 2.05) is 0 Å². The van der Waals surface area contributed by atoms with Crippen molar-refractivity contribution < 1.29 is 18.1 Å². The summed E-state index contributed by atoms with van der Waals surface area (Å²) >= 11 is 0. The van der Waals surface area contributed by atoms with Gasteiger partial charge in [0, 0.05) is 18.5 Å². The molecule has 126 valence electrons. The summed E-state index contributed by atoms with van der Waals surface area (Å²) in [6.45, 7) is 0.269. The fourth-order valence-electron chi connectivity index (χ4n) is 2.89. The van der Waals surface area contributed by atoms with Crippen molar-refractivity contribution >= 4 is 11.6 Å². The Morgan fingerprint density at radius 1 is 1.08 bits per heavy atom. The second kappa shape index (κ2) is 6.08. The van der Waals surface area contributed by atoms with Crippen LogP contribution in [0.4, 0.5) is 14.5 Å². The van der Waals surface area contributed by atoms with Crippen LogP contribution in [0.25, 0.3) is 11.4 Å². The summed E-state index contributed by atoms with van der Waals surface area (Å²) in [5, 5.41) is 3.89. The zero-order valence-corrected chi connectivity index (χ0v) is 13.0. The molecule has 0 spiro atoms. The third kappa shape index (κ3) is 2.88. The first kappa shape index (κ1) is 15.4. The maximum atomic E-state index is 13.9. The third-order valence-electron chi connectivity index (χ3n) is 4.16. The summed E-state index contributed by atoms with van der Waals surface area (Å²) in [6.07, 6.45) is 0.166. The van der Waals surface area contributed by atoms with Gasteiger partial charge in [-0.25, -0.2) is 8.78 Å². The van der Waals surface area contributed by atoms with E-state index in [9.17, 15) is 13.6 Å². The molecule has 0 aliphatic carbocycles. The molecule has 0 saturated carbocycles. The molecule has 1 unspecified atom stereocenters. The van der Waals surface area contributed by atoms with Gasteiger partial charge in [-0.1, -0.05) is 17.3 Å². The van der Waals surface area contributed by atoms with Crippen molar-refractivity contribution in [3.05, 3.63) is 66.1 Å². The number of rotatable bonds is 3. The summed E-state index contributed by atoms with van der Waals surface area (Å²) in [7, 11) is 0. The van der Waals surface area contributed by atoms with Crippen molar-refractivity contribution in [2.75, 3.05) is 11.4 Å². The van der Waals surface area contributed by atoms with E-state index in [1.165, 1.54) is 23.1 Å². The van der Waals surface area contributed by atoms with Gasteiger partial charge in [0.2, 0.25) is 17.6 Å². The van der Waals surface area contributed by atoms with Crippen LogP contribution in [0.2, 0.25) is 0 Å². The van der Waals surface area contributed by atoms with Crippen molar-refractivity contribution in [3.63, 3.8) is 0 Å². The van der Waals surface area contributed by atoms with Crippen LogP contribution >= 0.6 is 0 Å². The molecule has 1 aliphatic rings. The lowest BCUT2D eigenvalue weighted by molar-refractivity contribution is -0.117. The van der Waals surface area contributed by atoms with E-state index in [1.54, 1.807) is 30.3 Å². The Morgan fingerprint density at radius 3 is 2.60 bits per heavy atom. The lowest BCUT2D eigenvalue weighted by Gasteiger charge is -2.16. The second-order valence-electron chi connectivity index (χ2n) is 5.82. The van der Waals surface area contributed by atoms with Crippen LogP contribution in [0.3, 0.4) is 0 Å². The average Bonchev–Trinajstić information content (AvgIpc) is 3.23. The number of benzene rings is 2. The van der Waals surface area contributed by atoms with Crippen molar-refractivity contribution in [3.8, 4) is 11.4 Å². The van der Waals surface area contributed by atoms with Gasteiger partial charge in [-0.2, -0.15) is 4.98 Å². The van der Waals surface area contributed by atoms with Crippen molar-refractivity contribution in [2.45, 2.75) is 12.3 Å². The Hall–Kier alpha value is -3.09. The van der Waals surface area contributed by atoms with Gasteiger partial charge in [-0.05, 0) is 36.4 Å². The molecule has 1 fully saturated rings. The second-order valence-corrected chi connectivity index (χ2v) is 5.82. The number of hydrogen-bond acceptors (Lipinski definition) is 4. The maximum Gasteiger partial charge on any atom is 0.232 e. The molecule has 7 heteroatoms. The Kier molecular flexibility index (Phi) is 3.76.